The molecule has 1 heterocycles. The Balaban J connectivity index is 1.67. The van der Waals surface area contributed by atoms with Crippen LogP contribution in [0.2, 0.25) is 0 Å². The molecule has 4 aromatic rings. The topological polar surface area (TPSA) is 61.9 Å². The molecule has 30 heavy (non-hydrogen) atoms. The van der Waals surface area contributed by atoms with Crippen LogP contribution in [0.15, 0.2) is 83.0 Å². The zero-order chi connectivity index (χ0) is 21.1. The summed E-state index contributed by atoms with van der Waals surface area (Å²) >= 11 is 5.16. The van der Waals surface area contributed by atoms with Gasteiger partial charge in [-0.2, -0.15) is 0 Å². The second-order valence-electron chi connectivity index (χ2n) is 6.81. The van der Waals surface area contributed by atoms with E-state index in [9.17, 15) is 9.50 Å². The van der Waals surface area contributed by atoms with Crippen LogP contribution in [0.1, 0.15) is 11.1 Å². The van der Waals surface area contributed by atoms with Crippen LogP contribution >= 0.6 is 12.2 Å². The lowest BCUT2D eigenvalue weighted by atomic mass is 10.1. The number of anilines is 1. The Kier molecular flexibility index (Phi) is 5.54. The Morgan fingerprint density at radius 2 is 1.73 bits per heavy atom. The van der Waals surface area contributed by atoms with Gasteiger partial charge in [0.05, 0.1) is 17.7 Å². The van der Waals surface area contributed by atoms with Gasteiger partial charge in [-0.3, -0.25) is 0 Å². The number of benzene rings is 3. The van der Waals surface area contributed by atoms with Gasteiger partial charge in [-0.05, 0) is 48.5 Å². The van der Waals surface area contributed by atoms with Crippen LogP contribution in [0.4, 0.5) is 15.8 Å². The number of halogens is 1. The molecule has 3 aromatic carbocycles. The number of hydrogen-bond acceptors (Lipinski definition) is 3. The van der Waals surface area contributed by atoms with E-state index in [1.807, 2.05) is 55.5 Å². The highest BCUT2D eigenvalue weighted by Gasteiger charge is 2.17. The van der Waals surface area contributed by atoms with Gasteiger partial charge in [0.2, 0.25) is 11.0 Å². The molecule has 0 aliphatic carbocycles. The average molecular weight is 418 g/mol. The molecule has 0 spiro atoms. The second kappa shape index (κ2) is 8.42. The van der Waals surface area contributed by atoms with Gasteiger partial charge >= 0.3 is 0 Å². The van der Waals surface area contributed by atoms with E-state index in [0.717, 1.165) is 22.0 Å². The molecule has 0 aliphatic heterocycles. The Hall–Kier alpha value is -3.58. The lowest BCUT2D eigenvalue weighted by Crippen LogP contribution is -2.06. The number of aryl methyl sites for hydroxylation is 1. The fourth-order valence-electron chi connectivity index (χ4n) is 3.29. The van der Waals surface area contributed by atoms with Gasteiger partial charge in [0.25, 0.3) is 0 Å². The van der Waals surface area contributed by atoms with E-state index < -0.39 is 5.82 Å². The maximum absolute atomic E-state index is 13.8. The van der Waals surface area contributed by atoms with Gasteiger partial charge in [-0.1, -0.05) is 54.6 Å². The van der Waals surface area contributed by atoms with E-state index in [0.29, 0.717) is 12.2 Å². The van der Waals surface area contributed by atoms with Crippen molar-refractivity contribution in [2.75, 3.05) is 5.32 Å². The SMILES string of the molecule is Cc1ccccc1Cn1c(O)c(N=NC(=S)Nc2ccccc2F)c2ccccc21. The molecule has 5 nitrogen and oxygen atoms in total. The quantitative estimate of drug-likeness (QED) is 0.301. The number of azo groups is 1. The number of aromatic hydroxyl groups is 1. The molecule has 0 bridgehead atoms. The lowest BCUT2D eigenvalue weighted by molar-refractivity contribution is 0.429. The van der Waals surface area contributed by atoms with E-state index in [1.54, 1.807) is 22.8 Å². The first kappa shape index (κ1) is 19.7. The number of fused-ring (bicyclic) bond motifs is 1. The summed E-state index contributed by atoms with van der Waals surface area (Å²) in [5.41, 5.74) is 3.59. The molecule has 0 amide bonds. The summed E-state index contributed by atoms with van der Waals surface area (Å²) < 4.78 is 15.6. The number of nitrogens with one attached hydrogen (secondary N) is 1. The molecule has 0 atom stereocenters. The predicted molar refractivity (Wildman–Crippen MR) is 121 cm³/mol. The Bertz CT molecular complexity index is 1270. The van der Waals surface area contributed by atoms with Crippen molar-refractivity contribution in [1.29, 1.82) is 0 Å². The van der Waals surface area contributed by atoms with Gasteiger partial charge in [0.1, 0.15) is 5.82 Å². The van der Waals surface area contributed by atoms with Crippen LogP contribution in [-0.2, 0) is 6.54 Å². The molecule has 0 saturated heterocycles. The van der Waals surface area contributed by atoms with Crippen LogP contribution in [0.5, 0.6) is 5.88 Å². The third-order valence-corrected chi connectivity index (χ3v) is 5.05. The van der Waals surface area contributed by atoms with Crippen molar-refractivity contribution in [1.82, 2.24) is 4.57 Å². The molecule has 2 N–H and O–H groups in total. The molecule has 4 rings (SSSR count). The highest BCUT2D eigenvalue weighted by atomic mass is 32.1. The minimum Gasteiger partial charge on any atom is -0.493 e. The van der Waals surface area contributed by atoms with Crippen molar-refractivity contribution < 1.29 is 9.50 Å². The lowest BCUT2D eigenvalue weighted by Gasteiger charge is -2.09. The molecule has 0 fully saturated rings. The number of rotatable bonds is 4. The van der Waals surface area contributed by atoms with E-state index in [-0.39, 0.29) is 16.7 Å². The van der Waals surface area contributed by atoms with Gasteiger partial charge in [0.15, 0.2) is 5.69 Å². The molecule has 0 aliphatic rings. The summed E-state index contributed by atoms with van der Waals surface area (Å²) in [6.07, 6.45) is 0. The number of thiocarbonyl (C=S) groups is 1. The monoisotopic (exact) mass is 418 g/mol. The standard InChI is InChI=1S/C23H19FN4OS/c1-15-8-2-3-9-16(15)14-28-20-13-7-4-10-17(20)21(22(28)29)26-27-23(30)25-19-12-6-5-11-18(19)24/h2-13,29H,14H2,1H3,(H,25,30). The summed E-state index contributed by atoms with van der Waals surface area (Å²) in [7, 11) is 0. The van der Waals surface area contributed by atoms with E-state index in [1.165, 1.54) is 6.07 Å². The molecule has 150 valence electrons. The highest BCUT2D eigenvalue weighted by Crippen LogP contribution is 2.39. The zero-order valence-corrected chi connectivity index (χ0v) is 17.0. The average Bonchev–Trinajstić information content (AvgIpc) is 3.01. The first-order valence-electron chi connectivity index (χ1n) is 9.36. The fourth-order valence-corrected chi connectivity index (χ4v) is 3.44. The molecule has 7 heteroatoms. The Morgan fingerprint density at radius 1 is 1.03 bits per heavy atom. The Labute approximate surface area is 178 Å². The third-order valence-electron chi connectivity index (χ3n) is 4.86. The van der Waals surface area contributed by atoms with E-state index in [4.69, 9.17) is 12.2 Å². The predicted octanol–water partition coefficient (Wildman–Crippen LogP) is 6.32. The van der Waals surface area contributed by atoms with Gasteiger partial charge in [-0.25, -0.2) is 4.39 Å². The van der Waals surface area contributed by atoms with Gasteiger partial charge in [0, 0.05) is 5.39 Å². The number of nitrogens with zero attached hydrogens (tertiary/aromatic N) is 3. The first-order valence-corrected chi connectivity index (χ1v) is 9.77. The largest absolute Gasteiger partial charge is 0.493 e. The van der Waals surface area contributed by atoms with Crippen LogP contribution in [-0.4, -0.2) is 14.8 Å². The van der Waals surface area contributed by atoms with Crippen molar-refractivity contribution in [3.63, 3.8) is 0 Å². The number of hydrogen-bond donors (Lipinski definition) is 2. The molecule has 0 unspecified atom stereocenters. The molecule has 0 saturated carbocycles. The van der Waals surface area contributed by atoms with Crippen LogP contribution < -0.4 is 5.32 Å². The summed E-state index contributed by atoms with van der Waals surface area (Å²) in [6, 6.07) is 21.7. The third kappa shape index (κ3) is 3.92. The summed E-state index contributed by atoms with van der Waals surface area (Å²) in [5, 5.41) is 22.5. The van der Waals surface area contributed by atoms with Crippen molar-refractivity contribution in [3.8, 4) is 5.88 Å². The minimum absolute atomic E-state index is 0.00288. The zero-order valence-electron chi connectivity index (χ0n) is 16.2. The van der Waals surface area contributed by atoms with Crippen molar-refractivity contribution >= 4 is 39.6 Å². The summed E-state index contributed by atoms with van der Waals surface area (Å²) in [5.74, 6) is -0.440. The number of aromatic nitrogens is 1. The molecular weight excluding hydrogens is 399 g/mol. The fraction of sp³-hybridized carbons (Fsp3) is 0.0870. The molecular formula is C23H19FN4OS. The van der Waals surface area contributed by atoms with Crippen LogP contribution in [0.25, 0.3) is 10.9 Å². The van der Waals surface area contributed by atoms with Crippen LogP contribution in [0, 0.1) is 12.7 Å². The minimum atomic E-state index is -0.437. The van der Waals surface area contributed by atoms with Gasteiger partial charge < -0.3 is 15.0 Å². The normalized spacial score (nSPS) is 11.3. The van der Waals surface area contributed by atoms with Crippen molar-refractivity contribution in [2.45, 2.75) is 13.5 Å². The first-order chi connectivity index (χ1) is 14.5. The van der Waals surface area contributed by atoms with Crippen molar-refractivity contribution in [3.05, 3.63) is 89.7 Å². The van der Waals surface area contributed by atoms with Crippen LogP contribution in [0.3, 0.4) is 0 Å². The molecule has 1 aromatic heterocycles. The van der Waals surface area contributed by atoms with Crippen molar-refractivity contribution in [2.24, 2.45) is 10.2 Å². The second-order valence-corrected chi connectivity index (χ2v) is 7.20. The summed E-state index contributed by atoms with van der Waals surface area (Å²) in [6.45, 7) is 2.53. The smallest absolute Gasteiger partial charge is 0.221 e. The van der Waals surface area contributed by atoms with E-state index >= 15 is 0 Å². The highest BCUT2D eigenvalue weighted by molar-refractivity contribution is 7.80. The van der Waals surface area contributed by atoms with Gasteiger partial charge in [-0.15, -0.1) is 10.2 Å². The summed E-state index contributed by atoms with van der Waals surface area (Å²) in [4.78, 5) is 0. The maximum Gasteiger partial charge on any atom is 0.221 e. The molecule has 0 radical (unpaired) electrons. The number of para-hydroxylation sites is 2. The Morgan fingerprint density at radius 3 is 2.53 bits per heavy atom. The van der Waals surface area contributed by atoms with E-state index in [2.05, 4.69) is 15.5 Å². The maximum atomic E-state index is 13.8.